The Morgan fingerprint density at radius 2 is 1.87 bits per heavy atom. The second kappa shape index (κ2) is 10.6. The van der Waals surface area contributed by atoms with Gasteiger partial charge in [-0.25, -0.2) is 4.98 Å². The van der Waals surface area contributed by atoms with Crippen molar-refractivity contribution < 1.29 is 9.53 Å². The van der Waals surface area contributed by atoms with Gasteiger partial charge in [-0.05, 0) is 69.5 Å². The molecule has 1 aromatic heterocycles. The van der Waals surface area contributed by atoms with E-state index in [4.69, 9.17) is 4.74 Å². The summed E-state index contributed by atoms with van der Waals surface area (Å²) in [5, 5.41) is 4.06. The van der Waals surface area contributed by atoms with E-state index in [1.165, 1.54) is 11.8 Å². The molecule has 6 nitrogen and oxygen atoms in total. The van der Waals surface area contributed by atoms with Crippen molar-refractivity contribution in [2.45, 2.75) is 51.9 Å². The lowest BCUT2D eigenvalue weighted by molar-refractivity contribution is -0.113. The number of aromatic nitrogens is 2. The highest BCUT2D eigenvalue weighted by Gasteiger charge is 2.13. The van der Waals surface area contributed by atoms with Crippen molar-refractivity contribution in [3.05, 3.63) is 63.9 Å². The molecule has 1 heterocycles. The van der Waals surface area contributed by atoms with E-state index in [-0.39, 0.29) is 23.3 Å². The third kappa shape index (κ3) is 6.42. The summed E-state index contributed by atoms with van der Waals surface area (Å²) in [6, 6.07) is 13.2. The lowest BCUT2D eigenvalue weighted by Gasteiger charge is -2.14. The summed E-state index contributed by atoms with van der Waals surface area (Å²) >= 11 is 1.28. The number of fused-ring (bicyclic) bond motifs is 1. The molecule has 0 atom stereocenters. The van der Waals surface area contributed by atoms with E-state index in [0.717, 1.165) is 16.8 Å². The van der Waals surface area contributed by atoms with Crippen LogP contribution in [0, 0.1) is 13.8 Å². The van der Waals surface area contributed by atoms with Crippen molar-refractivity contribution in [3.63, 3.8) is 0 Å². The first-order valence-corrected chi connectivity index (χ1v) is 11.4. The molecule has 0 fully saturated rings. The second-order valence-corrected chi connectivity index (χ2v) is 8.80. The number of aryl methyl sites for hydroxylation is 2. The first-order chi connectivity index (χ1) is 14.8. The zero-order valence-electron chi connectivity index (χ0n) is 18.5. The summed E-state index contributed by atoms with van der Waals surface area (Å²) in [4.78, 5) is 30.3. The number of para-hydroxylation sites is 1. The van der Waals surface area contributed by atoms with Crippen LogP contribution >= 0.6 is 11.8 Å². The van der Waals surface area contributed by atoms with Crippen LogP contribution in [0.15, 0.2) is 52.4 Å². The molecule has 1 N–H and O–H groups in total. The molecular weight excluding hydrogens is 410 g/mol. The highest BCUT2D eigenvalue weighted by atomic mass is 32.2. The van der Waals surface area contributed by atoms with Gasteiger partial charge in [0.25, 0.3) is 5.56 Å². The van der Waals surface area contributed by atoms with Gasteiger partial charge in [0.2, 0.25) is 5.91 Å². The van der Waals surface area contributed by atoms with Crippen molar-refractivity contribution in [3.8, 4) is 0 Å². The SMILES string of the molecule is Cc1cc(C)cc(NC(=O)CSc2nc3ccccc3c(=O)n2CCCOC(C)C)c1. The summed E-state index contributed by atoms with van der Waals surface area (Å²) in [7, 11) is 0. The molecule has 3 rings (SSSR count). The summed E-state index contributed by atoms with van der Waals surface area (Å²) in [5.74, 6) is 0.0346. The largest absolute Gasteiger partial charge is 0.379 e. The van der Waals surface area contributed by atoms with Crippen molar-refractivity contribution in [1.82, 2.24) is 9.55 Å². The summed E-state index contributed by atoms with van der Waals surface area (Å²) in [6.45, 7) is 9.02. The van der Waals surface area contributed by atoms with Gasteiger partial charge in [0, 0.05) is 18.8 Å². The molecule has 0 aliphatic carbocycles. The number of rotatable bonds is 9. The molecule has 0 aliphatic rings. The number of nitrogens with one attached hydrogen (secondary N) is 1. The normalized spacial score (nSPS) is 11.3. The molecule has 0 radical (unpaired) electrons. The molecule has 0 saturated heterocycles. The molecule has 164 valence electrons. The second-order valence-electron chi connectivity index (χ2n) is 7.85. The molecule has 7 heteroatoms. The van der Waals surface area contributed by atoms with Crippen LogP contribution in [-0.2, 0) is 16.1 Å². The van der Waals surface area contributed by atoms with Crippen LogP contribution in [0.25, 0.3) is 10.9 Å². The summed E-state index contributed by atoms with van der Waals surface area (Å²) < 4.78 is 7.26. The average Bonchev–Trinajstić information content (AvgIpc) is 2.70. The fourth-order valence-electron chi connectivity index (χ4n) is 3.37. The van der Waals surface area contributed by atoms with Crippen LogP contribution < -0.4 is 10.9 Å². The van der Waals surface area contributed by atoms with Crippen LogP contribution in [-0.4, -0.2) is 33.9 Å². The van der Waals surface area contributed by atoms with Gasteiger partial charge in [-0.3, -0.25) is 14.2 Å². The molecule has 0 unspecified atom stereocenters. The Morgan fingerprint density at radius 1 is 1.16 bits per heavy atom. The first-order valence-electron chi connectivity index (χ1n) is 10.5. The predicted octanol–water partition coefficient (Wildman–Crippen LogP) is 4.56. The maximum absolute atomic E-state index is 13.1. The number of hydrogen-bond acceptors (Lipinski definition) is 5. The maximum atomic E-state index is 13.1. The molecule has 1 amide bonds. The number of carbonyl (C=O) groups is 1. The van der Waals surface area contributed by atoms with Crippen LogP contribution in [0.4, 0.5) is 5.69 Å². The predicted molar refractivity (Wildman–Crippen MR) is 127 cm³/mol. The van der Waals surface area contributed by atoms with Gasteiger partial charge in [-0.1, -0.05) is 30.0 Å². The number of ether oxygens (including phenoxy) is 1. The van der Waals surface area contributed by atoms with E-state index in [1.807, 2.05) is 58.0 Å². The Labute approximate surface area is 187 Å². The van der Waals surface area contributed by atoms with Gasteiger partial charge in [0.15, 0.2) is 5.16 Å². The van der Waals surface area contributed by atoms with E-state index in [2.05, 4.69) is 16.4 Å². The average molecular weight is 440 g/mol. The third-order valence-corrected chi connectivity index (χ3v) is 5.62. The zero-order valence-corrected chi connectivity index (χ0v) is 19.3. The van der Waals surface area contributed by atoms with Gasteiger partial charge in [-0.2, -0.15) is 0 Å². The fraction of sp³-hybridized carbons (Fsp3) is 0.375. The number of amides is 1. The van der Waals surface area contributed by atoms with E-state index in [0.29, 0.717) is 35.6 Å². The van der Waals surface area contributed by atoms with Crippen LogP contribution in [0.5, 0.6) is 0 Å². The highest BCUT2D eigenvalue weighted by molar-refractivity contribution is 7.99. The van der Waals surface area contributed by atoms with E-state index < -0.39 is 0 Å². The van der Waals surface area contributed by atoms with Crippen molar-refractivity contribution in [2.24, 2.45) is 0 Å². The Bertz CT molecular complexity index is 1100. The van der Waals surface area contributed by atoms with Crippen LogP contribution in [0.1, 0.15) is 31.4 Å². The van der Waals surface area contributed by atoms with Gasteiger partial charge in [0.05, 0.1) is 22.8 Å². The Balaban J connectivity index is 1.76. The van der Waals surface area contributed by atoms with Crippen molar-refractivity contribution in [2.75, 3.05) is 17.7 Å². The lowest BCUT2D eigenvalue weighted by atomic mass is 10.1. The van der Waals surface area contributed by atoms with Gasteiger partial charge >= 0.3 is 0 Å². The van der Waals surface area contributed by atoms with Gasteiger partial charge < -0.3 is 10.1 Å². The van der Waals surface area contributed by atoms with Crippen molar-refractivity contribution >= 4 is 34.3 Å². The number of thioether (sulfide) groups is 1. The van der Waals surface area contributed by atoms with E-state index >= 15 is 0 Å². The summed E-state index contributed by atoms with van der Waals surface area (Å²) in [5.41, 5.74) is 3.51. The van der Waals surface area contributed by atoms with Crippen LogP contribution in [0.2, 0.25) is 0 Å². The number of benzene rings is 2. The molecule has 3 aromatic rings. The standard InChI is InChI=1S/C24H29N3O3S/c1-16(2)30-11-7-10-27-23(29)20-8-5-6-9-21(20)26-24(27)31-15-22(28)25-19-13-17(3)12-18(4)14-19/h5-6,8-9,12-14,16H,7,10-11,15H2,1-4H3,(H,25,28). The monoisotopic (exact) mass is 439 g/mol. The minimum atomic E-state index is -0.132. The lowest BCUT2D eigenvalue weighted by Crippen LogP contribution is -2.25. The topological polar surface area (TPSA) is 73.2 Å². The molecule has 31 heavy (non-hydrogen) atoms. The molecule has 0 saturated carbocycles. The Hall–Kier alpha value is -2.64. The summed E-state index contributed by atoms with van der Waals surface area (Å²) in [6.07, 6.45) is 0.842. The smallest absolute Gasteiger partial charge is 0.262 e. The maximum Gasteiger partial charge on any atom is 0.262 e. The highest BCUT2D eigenvalue weighted by Crippen LogP contribution is 2.19. The Kier molecular flexibility index (Phi) is 7.87. The van der Waals surface area contributed by atoms with Gasteiger partial charge in [0.1, 0.15) is 0 Å². The molecular formula is C24H29N3O3S. The van der Waals surface area contributed by atoms with Crippen LogP contribution in [0.3, 0.4) is 0 Å². The van der Waals surface area contributed by atoms with E-state index in [1.54, 1.807) is 10.6 Å². The minimum Gasteiger partial charge on any atom is -0.379 e. The quantitative estimate of drug-likeness (QED) is 0.301. The molecule has 2 aromatic carbocycles. The van der Waals surface area contributed by atoms with Crippen molar-refractivity contribution in [1.29, 1.82) is 0 Å². The Morgan fingerprint density at radius 3 is 2.58 bits per heavy atom. The van der Waals surface area contributed by atoms with Gasteiger partial charge in [-0.15, -0.1) is 0 Å². The number of nitrogens with zero attached hydrogens (tertiary/aromatic N) is 2. The molecule has 0 bridgehead atoms. The molecule has 0 spiro atoms. The van der Waals surface area contributed by atoms with E-state index in [9.17, 15) is 9.59 Å². The fourth-order valence-corrected chi connectivity index (χ4v) is 4.20. The number of carbonyl (C=O) groups excluding carboxylic acids is 1. The number of hydrogen-bond donors (Lipinski definition) is 1. The zero-order chi connectivity index (χ0) is 22.4. The third-order valence-electron chi connectivity index (χ3n) is 4.64. The molecule has 0 aliphatic heterocycles. The number of anilines is 1. The minimum absolute atomic E-state index is 0.0904. The first kappa shape index (κ1) is 23.0.